The Bertz CT molecular complexity index is 169. The monoisotopic (exact) mass is 156 g/mol. The van der Waals surface area contributed by atoms with Crippen molar-refractivity contribution >= 4 is 0 Å². The topological polar surface area (TPSA) is 0 Å². The van der Waals surface area contributed by atoms with Crippen LogP contribution in [-0.4, -0.2) is 0 Å². The van der Waals surface area contributed by atoms with Crippen molar-refractivity contribution in [1.29, 1.82) is 0 Å². The van der Waals surface area contributed by atoms with Crippen molar-refractivity contribution < 1.29 is 29.6 Å². The van der Waals surface area contributed by atoms with Crippen LogP contribution < -0.4 is 29.6 Å². The summed E-state index contributed by atoms with van der Waals surface area (Å²) in [4.78, 5) is 0. The molecule has 0 saturated heterocycles. The fourth-order valence-electron chi connectivity index (χ4n) is 0.974. The van der Waals surface area contributed by atoms with E-state index in [1.54, 1.807) is 0 Å². The zero-order valence-corrected chi connectivity index (χ0v) is 9.22. The Morgan fingerprint density at radius 2 is 1.73 bits per heavy atom. The van der Waals surface area contributed by atoms with E-state index in [1.165, 1.54) is 18.4 Å². The molecule has 11 heavy (non-hydrogen) atoms. The molecule has 0 heterocycles. The number of benzene rings is 1. The molecule has 0 atom stereocenters. The molecule has 0 nitrogen and oxygen atoms in total. The zero-order chi connectivity index (χ0) is 7.23. The molecule has 1 aromatic carbocycles. The van der Waals surface area contributed by atoms with Crippen LogP contribution in [0.3, 0.4) is 0 Å². The molecule has 1 aromatic rings. The molecule has 1 heteroatoms. The van der Waals surface area contributed by atoms with Crippen LogP contribution in [0, 0.1) is 6.92 Å². The molecule has 0 aliphatic heterocycles. The van der Waals surface area contributed by atoms with Gasteiger partial charge in [0.2, 0.25) is 0 Å². The van der Waals surface area contributed by atoms with Gasteiger partial charge in [0.05, 0.1) is 0 Å². The van der Waals surface area contributed by atoms with Crippen molar-refractivity contribution in [3.8, 4) is 0 Å². The molecule has 0 radical (unpaired) electrons. The average molecular weight is 156 g/mol. The number of unbranched alkanes of at least 4 members (excludes halogenated alkanes) is 1. The predicted molar refractivity (Wildman–Crippen MR) is 44.7 cm³/mol. The molecule has 0 bridgehead atoms. The van der Waals surface area contributed by atoms with Crippen molar-refractivity contribution in [2.75, 3.05) is 0 Å². The first-order valence-corrected chi connectivity index (χ1v) is 3.76. The van der Waals surface area contributed by atoms with Gasteiger partial charge in [-0.3, -0.25) is 0 Å². The van der Waals surface area contributed by atoms with E-state index in [9.17, 15) is 0 Å². The Labute approximate surface area is 91.3 Å². The number of rotatable bonds is 3. The van der Waals surface area contributed by atoms with Gasteiger partial charge in [0.15, 0.2) is 0 Å². The first kappa shape index (κ1) is 11.2. The van der Waals surface area contributed by atoms with Crippen molar-refractivity contribution in [2.45, 2.75) is 19.3 Å². The van der Waals surface area contributed by atoms with E-state index < -0.39 is 0 Å². The van der Waals surface area contributed by atoms with Crippen LogP contribution in [0.4, 0.5) is 0 Å². The molecule has 1 rings (SSSR count). The van der Waals surface area contributed by atoms with E-state index in [2.05, 4.69) is 31.2 Å². The minimum atomic E-state index is 0. The number of aryl methyl sites for hydroxylation is 1. The molecule has 0 spiro atoms. The Morgan fingerprint density at radius 1 is 1.09 bits per heavy atom. The fraction of sp³-hybridized carbons (Fsp3) is 0.300. The number of hydrogen-bond donors (Lipinski definition) is 0. The van der Waals surface area contributed by atoms with E-state index in [-0.39, 0.29) is 29.6 Å². The Balaban J connectivity index is 0.000001000. The molecule has 0 N–H and O–H groups in total. The Kier molecular flexibility index (Phi) is 7.04. The normalized spacial score (nSPS) is 8.82. The summed E-state index contributed by atoms with van der Waals surface area (Å²) in [5.74, 6) is 0. The zero-order valence-electron chi connectivity index (χ0n) is 7.22. The van der Waals surface area contributed by atoms with Gasteiger partial charge in [-0.05, 0) is 12.0 Å². The second kappa shape index (κ2) is 6.90. The van der Waals surface area contributed by atoms with Gasteiger partial charge in [0.1, 0.15) is 0 Å². The summed E-state index contributed by atoms with van der Waals surface area (Å²) in [5, 5.41) is 0. The molecular weight excluding hydrogens is 143 g/mol. The molecule has 0 saturated carbocycles. The first-order chi connectivity index (χ1) is 4.93. The summed E-state index contributed by atoms with van der Waals surface area (Å²) in [6.45, 7) is 3.80. The standard InChI is InChI=1S/C10H13.Na/c1-2-3-7-10-8-5-4-6-9-10;/h4-6,8-9H,1-3,7H2;/q-1;+1. The van der Waals surface area contributed by atoms with Crippen LogP contribution in [0.2, 0.25) is 0 Å². The van der Waals surface area contributed by atoms with E-state index >= 15 is 0 Å². The Hall–Kier alpha value is 0.220. The van der Waals surface area contributed by atoms with E-state index in [4.69, 9.17) is 0 Å². The summed E-state index contributed by atoms with van der Waals surface area (Å²) in [6, 6.07) is 10.5. The maximum absolute atomic E-state index is 3.80. The average Bonchev–Trinajstić information content (AvgIpc) is 2.03. The quantitative estimate of drug-likeness (QED) is 0.421. The fourth-order valence-corrected chi connectivity index (χ4v) is 0.974. The van der Waals surface area contributed by atoms with Crippen LogP contribution in [-0.2, 0) is 6.42 Å². The van der Waals surface area contributed by atoms with Crippen LogP contribution in [0.1, 0.15) is 18.4 Å². The molecule has 0 fully saturated rings. The van der Waals surface area contributed by atoms with Gasteiger partial charge in [0.25, 0.3) is 0 Å². The molecule has 0 aromatic heterocycles. The smallest absolute Gasteiger partial charge is 0.343 e. The second-order valence-corrected chi connectivity index (χ2v) is 2.44. The third kappa shape index (κ3) is 4.62. The predicted octanol–water partition coefficient (Wildman–Crippen LogP) is -0.153. The summed E-state index contributed by atoms with van der Waals surface area (Å²) in [7, 11) is 0. The number of hydrogen-bond acceptors (Lipinski definition) is 0. The van der Waals surface area contributed by atoms with E-state index in [0.29, 0.717) is 0 Å². The largest absolute Gasteiger partial charge is 1.00 e. The van der Waals surface area contributed by atoms with E-state index in [1.807, 2.05) is 6.07 Å². The molecule has 0 unspecified atom stereocenters. The maximum atomic E-state index is 3.80. The third-order valence-electron chi connectivity index (χ3n) is 1.56. The van der Waals surface area contributed by atoms with Gasteiger partial charge in [-0.15, -0.1) is 0 Å². The van der Waals surface area contributed by atoms with Crippen molar-refractivity contribution in [3.63, 3.8) is 0 Å². The minimum Gasteiger partial charge on any atom is -0.343 e. The molecule has 54 valence electrons. The molecule has 0 amide bonds. The molecule has 0 aliphatic rings. The van der Waals surface area contributed by atoms with Crippen molar-refractivity contribution in [3.05, 3.63) is 42.8 Å². The van der Waals surface area contributed by atoms with Crippen LogP contribution in [0.5, 0.6) is 0 Å². The third-order valence-corrected chi connectivity index (χ3v) is 1.56. The summed E-state index contributed by atoms with van der Waals surface area (Å²) in [6.07, 6.45) is 3.41. The Morgan fingerprint density at radius 3 is 2.27 bits per heavy atom. The van der Waals surface area contributed by atoms with Crippen LogP contribution >= 0.6 is 0 Å². The minimum absolute atomic E-state index is 0. The first-order valence-electron chi connectivity index (χ1n) is 3.76. The van der Waals surface area contributed by atoms with Gasteiger partial charge < -0.3 is 6.92 Å². The second-order valence-electron chi connectivity index (χ2n) is 2.44. The van der Waals surface area contributed by atoms with Gasteiger partial charge in [-0.1, -0.05) is 36.8 Å². The maximum Gasteiger partial charge on any atom is 1.00 e. The summed E-state index contributed by atoms with van der Waals surface area (Å²) < 4.78 is 0. The van der Waals surface area contributed by atoms with Gasteiger partial charge in [-0.2, -0.15) is 6.42 Å². The van der Waals surface area contributed by atoms with Crippen LogP contribution in [0.15, 0.2) is 30.3 Å². The summed E-state index contributed by atoms with van der Waals surface area (Å²) >= 11 is 0. The van der Waals surface area contributed by atoms with Gasteiger partial charge >= 0.3 is 29.6 Å². The summed E-state index contributed by atoms with van der Waals surface area (Å²) in [5.41, 5.74) is 1.42. The van der Waals surface area contributed by atoms with E-state index in [0.717, 1.165) is 6.42 Å². The van der Waals surface area contributed by atoms with Gasteiger partial charge in [0, 0.05) is 0 Å². The molecular formula is C10H13Na. The van der Waals surface area contributed by atoms with Crippen molar-refractivity contribution in [1.82, 2.24) is 0 Å². The van der Waals surface area contributed by atoms with Crippen molar-refractivity contribution in [2.24, 2.45) is 0 Å². The van der Waals surface area contributed by atoms with Crippen LogP contribution in [0.25, 0.3) is 0 Å². The van der Waals surface area contributed by atoms with Gasteiger partial charge in [-0.25, -0.2) is 0 Å². The SMILES string of the molecule is [CH2-]CCCc1ccccc1.[Na+]. The molecule has 0 aliphatic carbocycles.